The summed E-state index contributed by atoms with van der Waals surface area (Å²) in [6.45, 7) is 4.78. The van der Waals surface area contributed by atoms with Gasteiger partial charge in [-0.2, -0.15) is 0 Å². The quantitative estimate of drug-likeness (QED) is 0.718. The van der Waals surface area contributed by atoms with Crippen molar-refractivity contribution in [2.75, 3.05) is 32.7 Å². The number of carbonyl (C=O) groups is 1. The summed E-state index contributed by atoms with van der Waals surface area (Å²) in [5.74, 6) is 2.09. The van der Waals surface area contributed by atoms with Gasteiger partial charge in [0.25, 0.3) is 5.56 Å². The van der Waals surface area contributed by atoms with Crippen molar-refractivity contribution in [3.05, 3.63) is 58.0 Å². The second-order valence-corrected chi connectivity index (χ2v) is 9.88. The topological polar surface area (TPSA) is 71.3 Å². The van der Waals surface area contributed by atoms with Crippen LogP contribution in [0.15, 0.2) is 35.4 Å². The predicted octanol–water partition coefficient (Wildman–Crippen LogP) is 2.95. The number of pyridine rings is 1. The molecule has 3 aliphatic rings. The van der Waals surface area contributed by atoms with Crippen molar-refractivity contribution in [2.24, 2.45) is 0 Å². The van der Waals surface area contributed by atoms with E-state index in [9.17, 15) is 9.59 Å². The molecule has 0 unspecified atom stereocenters. The first kappa shape index (κ1) is 22.3. The Balaban J connectivity index is 1.12. The highest BCUT2D eigenvalue weighted by atomic mass is 16.2. The van der Waals surface area contributed by atoms with Gasteiger partial charge in [-0.25, -0.2) is 4.98 Å². The fourth-order valence-corrected chi connectivity index (χ4v) is 5.72. The molecule has 176 valence electrons. The molecule has 2 aromatic heterocycles. The molecule has 7 heteroatoms. The number of likely N-dealkylation sites (tertiary alicyclic amines) is 2. The lowest BCUT2D eigenvalue weighted by atomic mass is 9.90. The van der Waals surface area contributed by atoms with Gasteiger partial charge in [-0.3, -0.25) is 24.0 Å². The van der Waals surface area contributed by atoms with Crippen molar-refractivity contribution in [3.8, 4) is 0 Å². The van der Waals surface area contributed by atoms with Crippen LogP contribution >= 0.6 is 0 Å². The molecule has 0 saturated carbocycles. The van der Waals surface area contributed by atoms with E-state index >= 15 is 0 Å². The summed E-state index contributed by atoms with van der Waals surface area (Å²) in [4.78, 5) is 38.9. The monoisotopic (exact) mass is 449 g/mol. The van der Waals surface area contributed by atoms with E-state index in [-0.39, 0.29) is 11.5 Å². The lowest BCUT2D eigenvalue weighted by Gasteiger charge is -2.36. The molecule has 2 aromatic rings. The van der Waals surface area contributed by atoms with Crippen LogP contribution in [0, 0.1) is 0 Å². The maximum atomic E-state index is 12.9. The molecule has 0 radical (unpaired) electrons. The van der Waals surface area contributed by atoms with E-state index < -0.39 is 0 Å². The van der Waals surface area contributed by atoms with Gasteiger partial charge in [0.2, 0.25) is 5.91 Å². The van der Waals surface area contributed by atoms with Crippen molar-refractivity contribution in [1.82, 2.24) is 24.3 Å². The van der Waals surface area contributed by atoms with Crippen LogP contribution in [-0.4, -0.2) is 63.0 Å². The summed E-state index contributed by atoms with van der Waals surface area (Å²) in [6.07, 6.45) is 12.0. The summed E-state index contributed by atoms with van der Waals surface area (Å²) in [5.41, 5.74) is 2.42. The highest BCUT2D eigenvalue weighted by Gasteiger charge is 2.28. The van der Waals surface area contributed by atoms with Gasteiger partial charge < -0.3 is 4.90 Å². The van der Waals surface area contributed by atoms with Crippen molar-refractivity contribution >= 4 is 5.91 Å². The van der Waals surface area contributed by atoms with E-state index in [1.54, 1.807) is 6.07 Å². The summed E-state index contributed by atoms with van der Waals surface area (Å²) < 4.78 is 1.88. The predicted molar refractivity (Wildman–Crippen MR) is 127 cm³/mol. The van der Waals surface area contributed by atoms with Crippen LogP contribution in [0.2, 0.25) is 0 Å². The average molecular weight is 450 g/mol. The Bertz CT molecular complexity index is 1010. The molecular weight excluding hydrogens is 414 g/mol. The molecule has 5 rings (SSSR count). The summed E-state index contributed by atoms with van der Waals surface area (Å²) in [5, 5.41) is 0. The van der Waals surface area contributed by atoms with E-state index in [4.69, 9.17) is 4.98 Å². The molecule has 0 N–H and O–H groups in total. The van der Waals surface area contributed by atoms with Crippen molar-refractivity contribution < 1.29 is 4.79 Å². The lowest BCUT2D eigenvalue weighted by molar-refractivity contribution is -0.133. The molecular formula is C26H35N5O2. The SMILES string of the molecule is O=C(CN1CCC(c2cc(=O)n3c(n2)CCCCC3)CC1)N1CCC(c2ccncc2)CC1. The Morgan fingerprint density at radius 3 is 2.39 bits per heavy atom. The second-order valence-electron chi connectivity index (χ2n) is 9.88. The number of aromatic nitrogens is 3. The zero-order valence-corrected chi connectivity index (χ0v) is 19.5. The number of hydrogen-bond acceptors (Lipinski definition) is 5. The van der Waals surface area contributed by atoms with Gasteiger partial charge in [-0.15, -0.1) is 0 Å². The Hall–Kier alpha value is -2.54. The largest absolute Gasteiger partial charge is 0.342 e. The van der Waals surface area contributed by atoms with Gasteiger partial charge in [0, 0.05) is 50.4 Å². The summed E-state index contributed by atoms with van der Waals surface area (Å²) in [7, 11) is 0. The van der Waals surface area contributed by atoms with Gasteiger partial charge in [-0.1, -0.05) is 6.42 Å². The number of hydrogen-bond donors (Lipinski definition) is 0. The highest BCUT2D eigenvalue weighted by molar-refractivity contribution is 5.78. The first-order chi connectivity index (χ1) is 16.2. The second kappa shape index (κ2) is 10.2. The first-order valence-electron chi connectivity index (χ1n) is 12.7. The van der Waals surface area contributed by atoms with Crippen molar-refractivity contribution in [2.45, 2.75) is 69.7 Å². The molecule has 3 aliphatic heterocycles. The van der Waals surface area contributed by atoms with E-state index in [1.807, 2.05) is 21.9 Å². The summed E-state index contributed by atoms with van der Waals surface area (Å²) >= 11 is 0. The Labute approximate surface area is 195 Å². The minimum atomic E-state index is 0.115. The Morgan fingerprint density at radius 2 is 1.64 bits per heavy atom. The smallest absolute Gasteiger partial charge is 0.253 e. The third kappa shape index (κ3) is 5.18. The number of carbonyl (C=O) groups excluding carboxylic acids is 1. The molecule has 0 atom stereocenters. The number of rotatable bonds is 4. The number of piperidine rings is 2. The third-order valence-electron chi connectivity index (χ3n) is 7.78. The first-order valence-corrected chi connectivity index (χ1v) is 12.7. The number of aryl methyl sites for hydroxylation is 1. The van der Waals surface area contributed by atoms with Gasteiger partial charge >= 0.3 is 0 Å². The highest BCUT2D eigenvalue weighted by Crippen LogP contribution is 2.29. The van der Waals surface area contributed by atoms with Crippen LogP contribution in [0.1, 0.15) is 73.9 Å². The number of amides is 1. The maximum Gasteiger partial charge on any atom is 0.253 e. The zero-order chi connectivity index (χ0) is 22.6. The molecule has 7 nitrogen and oxygen atoms in total. The fourth-order valence-electron chi connectivity index (χ4n) is 5.72. The minimum absolute atomic E-state index is 0.115. The minimum Gasteiger partial charge on any atom is -0.342 e. The molecule has 33 heavy (non-hydrogen) atoms. The van der Waals surface area contributed by atoms with Crippen LogP contribution in [0.5, 0.6) is 0 Å². The standard InChI is InChI=1S/C26H35N5O2/c32-25-18-23(28-24-4-2-1-3-13-31(24)25)22-7-14-29(15-8-22)19-26(33)30-16-9-21(10-17-30)20-5-11-27-12-6-20/h5-6,11-12,18,21-22H,1-4,7-10,13-17,19H2. The van der Waals surface area contributed by atoms with E-state index in [1.165, 1.54) is 12.0 Å². The lowest BCUT2D eigenvalue weighted by Crippen LogP contribution is -2.45. The van der Waals surface area contributed by atoms with Gasteiger partial charge in [0.05, 0.1) is 12.2 Å². The Kier molecular flexibility index (Phi) is 6.85. The third-order valence-corrected chi connectivity index (χ3v) is 7.78. The van der Waals surface area contributed by atoms with E-state index in [0.29, 0.717) is 18.4 Å². The van der Waals surface area contributed by atoms with E-state index in [2.05, 4.69) is 22.0 Å². The van der Waals surface area contributed by atoms with Crippen molar-refractivity contribution in [1.29, 1.82) is 0 Å². The molecule has 2 fully saturated rings. The van der Waals surface area contributed by atoms with Crippen LogP contribution in [0.25, 0.3) is 0 Å². The average Bonchev–Trinajstić information content (AvgIpc) is 3.11. The van der Waals surface area contributed by atoms with Crippen LogP contribution in [0.4, 0.5) is 0 Å². The molecule has 5 heterocycles. The van der Waals surface area contributed by atoms with E-state index in [0.717, 1.165) is 89.2 Å². The van der Waals surface area contributed by atoms with Crippen molar-refractivity contribution in [3.63, 3.8) is 0 Å². The Morgan fingerprint density at radius 1 is 0.909 bits per heavy atom. The summed E-state index contributed by atoms with van der Waals surface area (Å²) in [6, 6.07) is 5.97. The van der Waals surface area contributed by atoms with Crippen LogP contribution in [-0.2, 0) is 17.8 Å². The molecule has 0 aliphatic carbocycles. The molecule has 0 bridgehead atoms. The molecule has 0 aromatic carbocycles. The molecule has 2 saturated heterocycles. The number of fused-ring (bicyclic) bond motifs is 1. The number of nitrogens with zero attached hydrogens (tertiary/aromatic N) is 5. The molecule has 1 amide bonds. The van der Waals surface area contributed by atoms with Gasteiger partial charge in [0.15, 0.2) is 0 Å². The van der Waals surface area contributed by atoms with Crippen LogP contribution < -0.4 is 5.56 Å². The van der Waals surface area contributed by atoms with Gasteiger partial charge in [-0.05, 0) is 75.2 Å². The maximum absolute atomic E-state index is 12.9. The normalized spacial score (nSPS) is 20.9. The van der Waals surface area contributed by atoms with Gasteiger partial charge in [0.1, 0.15) is 5.82 Å². The van der Waals surface area contributed by atoms with Crippen LogP contribution in [0.3, 0.4) is 0 Å². The fraction of sp³-hybridized carbons (Fsp3) is 0.615. The zero-order valence-electron chi connectivity index (χ0n) is 19.5. The molecule has 0 spiro atoms.